The number of imide groups is 2. The van der Waals surface area contributed by atoms with Crippen LogP contribution in [-0.4, -0.2) is 34.4 Å². The van der Waals surface area contributed by atoms with Crippen molar-refractivity contribution in [1.29, 1.82) is 0 Å². The fourth-order valence-electron chi connectivity index (χ4n) is 2.57. The first-order valence-electron chi connectivity index (χ1n) is 6.69. The van der Waals surface area contributed by atoms with Crippen LogP contribution in [0.15, 0.2) is 29.2 Å². The Bertz CT molecular complexity index is 769. The molecule has 6 nitrogen and oxygen atoms in total. The van der Waals surface area contributed by atoms with Crippen LogP contribution in [0.3, 0.4) is 0 Å². The van der Waals surface area contributed by atoms with E-state index < -0.39 is 23.0 Å². The molecule has 7 heteroatoms. The summed E-state index contributed by atoms with van der Waals surface area (Å²) in [5.41, 5.74) is 1.08. The molecule has 1 fully saturated rings. The van der Waals surface area contributed by atoms with Crippen LogP contribution in [0.4, 0.5) is 10.5 Å². The lowest BCUT2D eigenvalue weighted by atomic mass is 10.1. The molecule has 2 aliphatic heterocycles. The predicted octanol–water partition coefficient (Wildman–Crippen LogP) is 2.01. The Labute approximate surface area is 130 Å². The number of rotatable bonds is 1. The first kappa shape index (κ1) is 14.5. The Morgan fingerprint density at radius 3 is 2.41 bits per heavy atom. The Morgan fingerprint density at radius 2 is 1.82 bits per heavy atom. The number of para-hydroxylation sites is 1. The molecule has 0 unspecified atom stereocenters. The third kappa shape index (κ3) is 1.89. The van der Waals surface area contributed by atoms with Crippen molar-refractivity contribution in [2.45, 2.75) is 13.8 Å². The van der Waals surface area contributed by atoms with E-state index in [9.17, 15) is 19.2 Å². The molecule has 1 aromatic carbocycles. The van der Waals surface area contributed by atoms with Gasteiger partial charge in [-0.25, -0.2) is 4.90 Å². The van der Waals surface area contributed by atoms with Gasteiger partial charge in [0.1, 0.15) is 0 Å². The molecule has 4 amide bonds. The normalized spacial score (nSPS) is 20.9. The monoisotopic (exact) mass is 316 g/mol. The lowest BCUT2D eigenvalue weighted by molar-refractivity contribution is -0.124. The molecule has 0 spiro atoms. The van der Waals surface area contributed by atoms with E-state index in [4.69, 9.17) is 0 Å². The smallest absolute Gasteiger partial charge is 0.274 e. The van der Waals surface area contributed by atoms with E-state index in [-0.39, 0.29) is 17.0 Å². The summed E-state index contributed by atoms with van der Waals surface area (Å²) in [5.74, 6) is -1.47. The first-order chi connectivity index (χ1) is 10.5. The van der Waals surface area contributed by atoms with Crippen molar-refractivity contribution in [1.82, 2.24) is 4.90 Å². The number of thioether (sulfide) groups is 1. The van der Waals surface area contributed by atoms with Crippen molar-refractivity contribution in [2.24, 2.45) is 0 Å². The summed E-state index contributed by atoms with van der Waals surface area (Å²) in [7, 11) is 0. The van der Waals surface area contributed by atoms with Crippen molar-refractivity contribution in [3.8, 4) is 0 Å². The molecule has 112 valence electrons. The van der Waals surface area contributed by atoms with Crippen LogP contribution in [0.1, 0.15) is 19.4 Å². The van der Waals surface area contributed by atoms with E-state index in [2.05, 4.69) is 0 Å². The Hall–Kier alpha value is -2.41. The van der Waals surface area contributed by atoms with Crippen LogP contribution in [0.5, 0.6) is 0 Å². The van der Waals surface area contributed by atoms with Crippen LogP contribution in [-0.2, 0) is 14.4 Å². The van der Waals surface area contributed by atoms with Gasteiger partial charge in [-0.1, -0.05) is 18.2 Å². The molecule has 0 N–H and O–H groups in total. The minimum absolute atomic E-state index is 0.0908. The summed E-state index contributed by atoms with van der Waals surface area (Å²) in [6, 6.07) is 6.75. The van der Waals surface area contributed by atoms with Gasteiger partial charge >= 0.3 is 0 Å². The lowest BCUT2D eigenvalue weighted by Crippen LogP contribution is -2.32. The van der Waals surface area contributed by atoms with Gasteiger partial charge in [-0.2, -0.15) is 0 Å². The van der Waals surface area contributed by atoms with Crippen LogP contribution < -0.4 is 4.90 Å². The van der Waals surface area contributed by atoms with Crippen LogP contribution in [0, 0.1) is 0 Å². The average Bonchev–Trinajstić information content (AvgIpc) is 2.92. The number of hydrogen-bond acceptors (Lipinski definition) is 5. The van der Waals surface area contributed by atoms with Gasteiger partial charge in [0, 0.05) is 19.0 Å². The highest BCUT2D eigenvalue weighted by molar-refractivity contribution is 8.18. The van der Waals surface area contributed by atoms with Gasteiger partial charge in [0.05, 0.1) is 16.2 Å². The topological polar surface area (TPSA) is 74.8 Å². The minimum atomic E-state index is -0.560. The molecular formula is C15H12N2O4S. The van der Waals surface area contributed by atoms with Crippen LogP contribution in [0.25, 0.3) is 5.57 Å². The molecular weight excluding hydrogens is 304 g/mol. The van der Waals surface area contributed by atoms with Gasteiger partial charge < -0.3 is 0 Å². The highest BCUT2D eigenvalue weighted by Crippen LogP contribution is 2.44. The molecule has 2 aliphatic rings. The molecule has 0 radical (unpaired) electrons. The molecule has 3 rings (SSSR count). The maximum absolute atomic E-state index is 12.6. The zero-order valence-electron chi connectivity index (χ0n) is 12.0. The fourth-order valence-corrected chi connectivity index (χ4v) is 3.56. The number of nitrogens with zero attached hydrogens (tertiary/aromatic N) is 2. The van der Waals surface area contributed by atoms with E-state index in [0.717, 1.165) is 21.6 Å². The second-order valence-corrected chi connectivity index (χ2v) is 5.76. The van der Waals surface area contributed by atoms with Crippen molar-refractivity contribution in [3.05, 3.63) is 34.7 Å². The largest absolute Gasteiger partial charge is 0.293 e. The summed E-state index contributed by atoms with van der Waals surface area (Å²) in [6.07, 6.45) is 0. The average molecular weight is 316 g/mol. The maximum atomic E-state index is 12.6. The molecule has 0 aromatic heterocycles. The van der Waals surface area contributed by atoms with Gasteiger partial charge in [0.15, 0.2) is 0 Å². The van der Waals surface area contributed by atoms with E-state index in [1.807, 2.05) is 0 Å². The van der Waals surface area contributed by atoms with E-state index in [1.54, 1.807) is 31.2 Å². The van der Waals surface area contributed by atoms with Gasteiger partial charge in [-0.3, -0.25) is 24.1 Å². The van der Waals surface area contributed by atoms with Gasteiger partial charge in [0.25, 0.3) is 17.1 Å². The highest BCUT2D eigenvalue weighted by Gasteiger charge is 2.43. The zero-order chi connectivity index (χ0) is 16.0. The quantitative estimate of drug-likeness (QED) is 0.741. The molecule has 0 atom stereocenters. The number of anilines is 1. The standard InChI is InChI=1S/C15H12N2O4S/c1-3-16-14(20)12(22-15(16)21)11-9-6-4-5-7-10(9)17(8(2)18)13(11)19/h4-7H,3H2,1-2H3. The lowest BCUT2D eigenvalue weighted by Gasteiger charge is -2.11. The van der Waals surface area contributed by atoms with E-state index >= 15 is 0 Å². The van der Waals surface area contributed by atoms with Crippen molar-refractivity contribution in [3.63, 3.8) is 0 Å². The Morgan fingerprint density at radius 1 is 1.14 bits per heavy atom. The molecule has 0 bridgehead atoms. The number of likely N-dealkylation sites (N-methyl/N-ethyl adjacent to an activating group) is 1. The highest BCUT2D eigenvalue weighted by atomic mass is 32.2. The van der Waals surface area contributed by atoms with Gasteiger partial charge in [-0.05, 0) is 24.8 Å². The number of amides is 4. The maximum Gasteiger partial charge on any atom is 0.293 e. The third-order valence-corrected chi connectivity index (χ3v) is 4.52. The summed E-state index contributed by atoms with van der Waals surface area (Å²) >= 11 is 0.743. The van der Waals surface area contributed by atoms with Gasteiger partial charge in [0.2, 0.25) is 5.91 Å². The fraction of sp³-hybridized carbons (Fsp3) is 0.200. The van der Waals surface area contributed by atoms with Crippen LogP contribution >= 0.6 is 11.8 Å². The Balaban J connectivity index is 2.22. The van der Waals surface area contributed by atoms with Crippen LogP contribution in [0.2, 0.25) is 0 Å². The zero-order valence-corrected chi connectivity index (χ0v) is 12.8. The SMILES string of the molecule is CCN1C(=O)SC(=C2C(=O)N(C(C)=O)c3ccccc32)C1=O. The number of fused-ring (bicyclic) bond motifs is 1. The number of carbonyl (C=O) groups excluding carboxylic acids is 4. The molecule has 0 aliphatic carbocycles. The number of hydrogen-bond donors (Lipinski definition) is 0. The molecule has 22 heavy (non-hydrogen) atoms. The number of benzene rings is 1. The summed E-state index contributed by atoms with van der Waals surface area (Å²) < 4.78 is 0. The predicted molar refractivity (Wildman–Crippen MR) is 81.9 cm³/mol. The van der Waals surface area contributed by atoms with Crippen molar-refractivity contribution < 1.29 is 19.2 Å². The molecule has 1 aromatic rings. The van der Waals surface area contributed by atoms with E-state index in [1.165, 1.54) is 6.92 Å². The summed E-state index contributed by atoms with van der Waals surface area (Å²) in [4.78, 5) is 50.8. The minimum Gasteiger partial charge on any atom is -0.274 e. The molecule has 0 saturated carbocycles. The summed E-state index contributed by atoms with van der Waals surface area (Å²) in [5, 5.41) is -0.401. The second kappa shape index (κ2) is 5.10. The van der Waals surface area contributed by atoms with E-state index in [0.29, 0.717) is 11.3 Å². The number of carbonyl (C=O) groups is 4. The first-order valence-corrected chi connectivity index (χ1v) is 7.51. The molecule has 1 saturated heterocycles. The Kier molecular flexibility index (Phi) is 3.37. The molecule has 2 heterocycles. The van der Waals surface area contributed by atoms with Gasteiger partial charge in [-0.15, -0.1) is 0 Å². The third-order valence-electron chi connectivity index (χ3n) is 3.54. The second-order valence-electron chi connectivity index (χ2n) is 4.80. The van der Waals surface area contributed by atoms with Crippen molar-refractivity contribution >= 4 is 46.0 Å². The van der Waals surface area contributed by atoms with Crippen molar-refractivity contribution in [2.75, 3.05) is 11.4 Å². The summed E-state index contributed by atoms with van der Waals surface area (Å²) in [6.45, 7) is 3.22.